The van der Waals surface area contributed by atoms with Crippen molar-refractivity contribution in [2.24, 2.45) is 0 Å². The van der Waals surface area contributed by atoms with Crippen molar-refractivity contribution in [1.82, 2.24) is 0 Å². The summed E-state index contributed by atoms with van der Waals surface area (Å²) in [7, 11) is 0. The molecule has 2 N–H and O–H groups in total. The average molecular weight is 493 g/mol. The van der Waals surface area contributed by atoms with E-state index in [9.17, 15) is 4.79 Å². The molecule has 0 spiro atoms. The van der Waals surface area contributed by atoms with Gasteiger partial charge in [0.05, 0.1) is 10.4 Å². The minimum absolute atomic E-state index is 0.129. The standard InChI is InChI=1S/C21H13BrCl2N2O3/c22-15-5-6-17(20-14(15)2-1-9-25-20)26-21(27)19-8-4-13(29-19)11-28-18-7-3-12(23)10-16(18)24/h1-10H,11H2,(H,26,27)/p+1. The molecule has 0 aliphatic heterocycles. The van der Waals surface area contributed by atoms with Crippen molar-refractivity contribution in [2.75, 3.05) is 5.32 Å². The van der Waals surface area contributed by atoms with E-state index in [1.165, 1.54) is 0 Å². The van der Waals surface area contributed by atoms with Gasteiger partial charge in [-0.1, -0.05) is 23.2 Å². The van der Waals surface area contributed by atoms with Gasteiger partial charge in [-0.05, 0) is 64.5 Å². The smallest absolute Gasteiger partial charge is 0.291 e. The number of anilines is 1. The van der Waals surface area contributed by atoms with Gasteiger partial charge >= 0.3 is 0 Å². The van der Waals surface area contributed by atoms with Gasteiger partial charge in [0, 0.05) is 15.6 Å². The Bertz CT molecular complexity index is 1210. The Kier molecular flexibility index (Phi) is 5.76. The van der Waals surface area contributed by atoms with E-state index in [1.807, 2.05) is 24.3 Å². The zero-order valence-electron chi connectivity index (χ0n) is 14.8. The number of H-pyrrole nitrogens is 1. The first-order valence-electron chi connectivity index (χ1n) is 8.58. The molecule has 0 bridgehead atoms. The van der Waals surface area contributed by atoms with E-state index in [0.717, 1.165) is 15.4 Å². The Morgan fingerprint density at radius 3 is 2.83 bits per heavy atom. The number of carbonyl (C=O) groups excluding carboxylic acids is 1. The minimum Gasteiger partial charge on any atom is -0.484 e. The van der Waals surface area contributed by atoms with Crippen molar-refractivity contribution < 1.29 is 18.9 Å². The maximum Gasteiger partial charge on any atom is 0.291 e. The lowest BCUT2D eigenvalue weighted by atomic mass is 10.2. The highest BCUT2D eigenvalue weighted by Gasteiger charge is 2.17. The Hall–Kier alpha value is -2.54. The summed E-state index contributed by atoms with van der Waals surface area (Å²) in [5, 5.41) is 4.75. The number of nitrogens with one attached hydrogen (secondary N) is 2. The molecular formula is C21H14BrCl2N2O3+. The lowest BCUT2D eigenvalue weighted by molar-refractivity contribution is -0.344. The van der Waals surface area contributed by atoms with Gasteiger partial charge in [-0.25, -0.2) is 4.98 Å². The number of halogens is 3. The summed E-state index contributed by atoms with van der Waals surface area (Å²) in [6.45, 7) is 0.129. The monoisotopic (exact) mass is 491 g/mol. The zero-order valence-corrected chi connectivity index (χ0v) is 17.9. The quantitative estimate of drug-likeness (QED) is 0.363. The van der Waals surface area contributed by atoms with Crippen LogP contribution in [0.2, 0.25) is 10.0 Å². The second kappa shape index (κ2) is 8.45. The fraction of sp³-hybridized carbons (Fsp3) is 0.0476. The highest BCUT2D eigenvalue weighted by Crippen LogP contribution is 2.29. The second-order valence-corrected chi connectivity index (χ2v) is 7.84. The van der Waals surface area contributed by atoms with Gasteiger partial charge < -0.3 is 14.5 Å². The molecule has 0 saturated carbocycles. The number of pyridine rings is 1. The van der Waals surface area contributed by atoms with Crippen molar-refractivity contribution in [2.45, 2.75) is 6.61 Å². The molecule has 4 rings (SSSR count). The first-order valence-corrected chi connectivity index (χ1v) is 10.1. The van der Waals surface area contributed by atoms with Crippen LogP contribution in [0.25, 0.3) is 10.9 Å². The van der Waals surface area contributed by atoms with Crippen LogP contribution in [-0.4, -0.2) is 5.91 Å². The van der Waals surface area contributed by atoms with E-state index < -0.39 is 0 Å². The van der Waals surface area contributed by atoms with E-state index in [1.54, 1.807) is 36.5 Å². The largest absolute Gasteiger partial charge is 0.484 e. The van der Waals surface area contributed by atoms with Crippen molar-refractivity contribution in [3.8, 4) is 5.75 Å². The fourth-order valence-electron chi connectivity index (χ4n) is 2.80. The summed E-state index contributed by atoms with van der Waals surface area (Å²) in [5.41, 5.74) is 1.46. The summed E-state index contributed by atoms with van der Waals surface area (Å²) in [6, 6.07) is 15.8. The van der Waals surface area contributed by atoms with Crippen LogP contribution in [0.15, 0.2) is 69.7 Å². The number of carbonyl (C=O) groups is 1. The lowest BCUT2D eigenvalue weighted by Gasteiger charge is -2.07. The Labute approximate surface area is 184 Å². The van der Waals surface area contributed by atoms with E-state index in [4.69, 9.17) is 32.4 Å². The van der Waals surface area contributed by atoms with Crippen LogP contribution in [0.4, 0.5) is 5.69 Å². The Balaban J connectivity index is 1.47. The maximum atomic E-state index is 12.6. The summed E-state index contributed by atoms with van der Waals surface area (Å²) in [4.78, 5) is 15.8. The maximum absolute atomic E-state index is 12.6. The number of rotatable bonds is 5. The molecule has 0 saturated heterocycles. The summed E-state index contributed by atoms with van der Waals surface area (Å²) in [6.07, 6.45) is 1.80. The highest BCUT2D eigenvalue weighted by atomic mass is 79.9. The molecule has 0 fully saturated rings. The number of ether oxygens (including phenoxy) is 1. The molecule has 5 nitrogen and oxygen atoms in total. The molecule has 2 heterocycles. The number of furan rings is 1. The number of aromatic amines is 1. The lowest BCUT2D eigenvalue weighted by Crippen LogP contribution is -2.14. The van der Waals surface area contributed by atoms with Crippen molar-refractivity contribution in [3.63, 3.8) is 0 Å². The van der Waals surface area contributed by atoms with Crippen LogP contribution in [0, 0.1) is 0 Å². The van der Waals surface area contributed by atoms with Crippen LogP contribution in [-0.2, 0) is 6.61 Å². The average Bonchev–Trinajstić information content (AvgIpc) is 3.19. The predicted molar refractivity (Wildman–Crippen MR) is 116 cm³/mol. The summed E-state index contributed by atoms with van der Waals surface area (Å²) >= 11 is 15.5. The van der Waals surface area contributed by atoms with E-state index in [-0.39, 0.29) is 18.3 Å². The molecule has 29 heavy (non-hydrogen) atoms. The SMILES string of the molecule is O=C(Nc1ccc(Br)c2ccc[nH+]c12)c1ccc(COc2ccc(Cl)cc2Cl)o1. The van der Waals surface area contributed by atoms with Crippen molar-refractivity contribution >= 4 is 61.6 Å². The molecule has 0 aliphatic carbocycles. The molecule has 4 aromatic rings. The van der Waals surface area contributed by atoms with Gasteiger partial charge in [-0.3, -0.25) is 4.79 Å². The third kappa shape index (κ3) is 4.40. The summed E-state index contributed by atoms with van der Waals surface area (Å²) in [5.74, 6) is 0.795. The zero-order chi connectivity index (χ0) is 20.4. The van der Waals surface area contributed by atoms with Gasteiger partial charge in [0.1, 0.15) is 23.8 Å². The third-order valence-corrected chi connectivity index (χ3v) is 5.40. The van der Waals surface area contributed by atoms with Crippen LogP contribution in [0.5, 0.6) is 5.75 Å². The minimum atomic E-state index is -0.360. The first kappa shape index (κ1) is 19.8. The number of fused-ring (bicyclic) bond motifs is 1. The molecular weight excluding hydrogens is 479 g/mol. The molecule has 2 aromatic carbocycles. The number of aromatic nitrogens is 1. The summed E-state index contributed by atoms with van der Waals surface area (Å²) < 4.78 is 12.2. The first-order chi connectivity index (χ1) is 14.0. The van der Waals surface area contributed by atoms with Gasteiger partial charge in [-0.2, -0.15) is 0 Å². The Morgan fingerprint density at radius 2 is 2.00 bits per heavy atom. The van der Waals surface area contributed by atoms with Gasteiger partial charge in [-0.15, -0.1) is 0 Å². The van der Waals surface area contributed by atoms with Gasteiger partial charge in [0.2, 0.25) is 5.52 Å². The van der Waals surface area contributed by atoms with E-state index in [0.29, 0.717) is 27.2 Å². The predicted octanol–water partition coefficient (Wildman–Crippen LogP) is 6.15. The molecule has 0 atom stereocenters. The normalized spacial score (nSPS) is 10.9. The van der Waals surface area contributed by atoms with Crippen LogP contribution in [0.1, 0.15) is 16.3 Å². The number of hydrogen-bond donors (Lipinski definition) is 1. The molecule has 2 aromatic heterocycles. The third-order valence-electron chi connectivity index (χ3n) is 4.18. The highest BCUT2D eigenvalue weighted by molar-refractivity contribution is 9.10. The van der Waals surface area contributed by atoms with Crippen molar-refractivity contribution in [1.29, 1.82) is 0 Å². The van der Waals surface area contributed by atoms with Gasteiger partial charge in [0.15, 0.2) is 12.0 Å². The fourth-order valence-corrected chi connectivity index (χ4v) is 3.72. The molecule has 0 unspecified atom stereocenters. The van der Waals surface area contributed by atoms with E-state index in [2.05, 4.69) is 26.2 Å². The number of hydrogen-bond acceptors (Lipinski definition) is 3. The molecule has 1 amide bonds. The second-order valence-electron chi connectivity index (χ2n) is 6.14. The molecule has 8 heteroatoms. The number of benzene rings is 2. The number of amides is 1. The van der Waals surface area contributed by atoms with Crippen LogP contribution >= 0.6 is 39.1 Å². The Morgan fingerprint density at radius 1 is 1.14 bits per heavy atom. The van der Waals surface area contributed by atoms with Gasteiger partial charge in [0.25, 0.3) is 5.91 Å². The molecule has 146 valence electrons. The topological polar surface area (TPSA) is 65.6 Å². The van der Waals surface area contributed by atoms with Crippen LogP contribution in [0.3, 0.4) is 0 Å². The van der Waals surface area contributed by atoms with Crippen LogP contribution < -0.4 is 15.0 Å². The van der Waals surface area contributed by atoms with E-state index >= 15 is 0 Å². The molecule has 0 radical (unpaired) electrons. The van der Waals surface area contributed by atoms with Crippen molar-refractivity contribution in [3.05, 3.63) is 86.8 Å². The molecule has 0 aliphatic rings.